The molecule has 0 atom stereocenters. The summed E-state index contributed by atoms with van der Waals surface area (Å²) >= 11 is 1.82. The molecule has 0 aromatic carbocycles. The van der Waals surface area contributed by atoms with Gasteiger partial charge >= 0.3 is 0 Å². The highest BCUT2D eigenvalue weighted by Crippen LogP contribution is 2.45. The van der Waals surface area contributed by atoms with Crippen molar-refractivity contribution in [3.8, 4) is 0 Å². The largest absolute Gasteiger partial charge is 0.297 e. The fraction of sp³-hybridized carbons (Fsp3) is 0.769. The molecule has 1 aromatic rings. The average molecular weight is 236 g/mol. The van der Waals surface area contributed by atoms with Gasteiger partial charge in [-0.3, -0.25) is 4.90 Å². The molecule has 2 fully saturated rings. The molecular weight excluding hydrogens is 216 g/mol. The van der Waals surface area contributed by atoms with Crippen LogP contribution >= 0.6 is 11.3 Å². The molecule has 1 aromatic heterocycles. The topological polar surface area (TPSA) is 16.1 Å². The summed E-state index contributed by atoms with van der Waals surface area (Å²) in [7, 11) is 0. The minimum absolute atomic E-state index is 0.637. The third kappa shape index (κ3) is 1.70. The molecule has 1 aliphatic carbocycles. The van der Waals surface area contributed by atoms with E-state index < -0.39 is 0 Å². The smallest absolute Gasteiger partial charge is 0.0797 e. The van der Waals surface area contributed by atoms with Gasteiger partial charge in [0.2, 0.25) is 0 Å². The van der Waals surface area contributed by atoms with Gasteiger partial charge in [-0.15, -0.1) is 11.3 Å². The van der Waals surface area contributed by atoms with Crippen LogP contribution in [0.3, 0.4) is 0 Å². The van der Waals surface area contributed by atoms with Gasteiger partial charge in [-0.25, -0.2) is 4.98 Å². The van der Waals surface area contributed by atoms with Crippen LogP contribution in [0.4, 0.5) is 0 Å². The van der Waals surface area contributed by atoms with Crippen molar-refractivity contribution < 1.29 is 0 Å². The molecule has 1 spiro atoms. The Morgan fingerprint density at radius 1 is 1.38 bits per heavy atom. The Bertz CT molecular complexity index is 368. The summed E-state index contributed by atoms with van der Waals surface area (Å²) in [6.07, 6.45) is 8.44. The number of aromatic nitrogens is 1. The van der Waals surface area contributed by atoms with Gasteiger partial charge in [-0.1, -0.05) is 0 Å². The number of nitrogens with zero attached hydrogens (tertiary/aromatic N) is 2. The first kappa shape index (κ1) is 10.7. The van der Waals surface area contributed by atoms with Crippen LogP contribution in [0.2, 0.25) is 0 Å². The average Bonchev–Trinajstić information content (AvgIpc) is 2.80. The third-order valence-corrected chi connectivity index (χ3v) is 5.47. The van der Waals surface area contributed by atoms with E-state index in [0.717, 1.165) is 0 Å². The van der Waals surface area contributed by atoms with E-state index >= 15 is 0 Å². The SMILES string of the molecule is Cc1ncsc1CCN1CCCC12CCC2. The second kappa shape index (κ2) is 4.11. The van der Waals surface area contributed by atoms with Crippen molar-refractivity contribution in [3.63, 3.8) is 0 Å². The van der Waals surface area contributed by atoms with Crippen LogP contribution in [0.5, 0.6) is 0 Å². The molecule has 1 saturated heterocycles. The molecule has 3 rings (SSSR count). The second-order valence-corrected chi connectivity index (χ2v) is 6.22. The molecule has 0 amide bonds. The van der Waals surface area contributed by atoms with Crippen LogP contribution < -0.4 is 0 Å². The summed E-state index contributed by atoms with van der Waals surface area (Å²) in [5.41, 5.74) is 3.86. The van der Waals surface area contributed by atoms with Crippen LogP contribution in [0.1, 0.15) is 42.7 Å². The summed E-state index contributed by atoms with van der Waals surface area (Å²) in [6, 6.07) is 0. The molecule has 1 aliphatic heterocycles. The Morgan fingerprint density at radius 2 is 2.19 bits per heavy atom. The number of likely N-dealkylation sites (tertiary alicyclic amines) is 1. The van der Waals surface area contributed by atoms with E-state index in [2.05, 4.69) is 16.8 Å². The van der Waals surface area contributed by atoms with E-state index in [1.807, 2.05) is 16.8 Å². The lowest BCUT2D eigenvalue weighted by atomic mass is 9.75. The van der Waals surface area contributed by atoms with Crippen molar-refractivity contribution >= 4 is 11.3 Å². The van der Waals surface area contributed by atoms with Gasteiger partial charge in [0.05, 0.1) is 11.2 Å². The Balaban J connectivity index is 1.61. The van der Waals surface area contributed by atoms with Gasteiger partial charge in [0, 0.05) is 17.0 Å². The molecule has 2 nitrogen and oxygen atoms in total. The Hall–Kier alpha value is -0.410. The number of rotatable bonds is 3. The Kier molecular flexibility index (Phi) is 2.76. The quantitative estimate of drug-likeness (QED) is 0.802. The standard InChI is InChI=1S/C13H20N2S/c1-11-12(16-10-14-11)4-9-15-8-3-7-13(15)5-2-6-13/h10H,2-9H2,1H3. The second-order valence-electron chi connectivity index (χ2n) is 5.28. The van der Waals surface area contributed by atoms with Crippen LogP contribution in [0.15, 0.2) is 5.51 Å². The summed E-state index contributed by atoms with van der Waals surface area (Å²) in [5.74, 6) is 0. The summed E-state index contributed by atoms with van der Waals surface area (Å²) < 4.78 is 0. The lowest BCUT2D eigenvalue weighted by molar-refractivity contribution is 0.0573. The predicted molar refractivity (Wildman–Crippen MR) is 67.9 cm³/mol. The van der Waals surface area contributed by atoms with Gasteiger partial charge in [-0.05, 0) is 52.0 Å². The minimum atomic E-state index is 0.637. The van der Waals surface area contributed by atoms with E-state index in [0.29, 0.717) is 5.54 Å². The molecule has 3 heteroatoms. The van der Waals surface area contributed by atoms with Gasteiger partial charge in [-0.2, -0.15) is 0 Å². The van der Waals surface area contributed by atoms with E-state index in [1.54, 1.807) is 0 Å². The predicted octanol–water partition coefficient (Wildman–Crippen LogP) is 3.01. The van der Waals surface area contributed by atoms with Crippen molar-refractivity contribution in [1.82, 2.24) is 9.88 Å². The van der Waals surface area contributed by atoms with Crippen LogP contribution in [0, 0.1) is 6.92 Å². The number of hydrogen-bond acceptors (Lipinski definition) is 3. The molecule has 0 N–H and O–H groups in total. The van der Waals surface area contributed by atoms with Crippen molar-refractivity contribution in [2.24, 2.45) is 0 Å². The molecule has 1 saturated carbocycles. The molecular formula is C13H20N2S. The van der Waals surface area contributed by atoms with Crippen LogP contribution in [-0.4, -0.2) is 28.5 Å². The molecule has 0 bridgehead atoms. The molecule has 0 radical (unpaired) electrons. The Labute approximate surface area is 102 Å². The molecule has 0 unspecified atom stereocenters. The highest BCUT2D eigenvalue weighted by atomic mass is 32.1. The number of hydrogen-bond donors (Lipinski definition) is 0. The zero-order valence-electron chi connectivity index (χ0n) is 10.0. The van der Waals surface area contributed by atoms with Gasteiger partial charge in [0.15, 0.2) is 0 Å². The van der Waals surface area contributed by atoms with Crippen molar-refractivity contribution in [2.75, 3.05) is 13.1 Å². The lowest BCUT2D eigenvalue weighted by Gasteiger charge is -2.46. The number of aryl methyl sites for hydroxylation is 1. The molecule has 2 heterocycles. The van der Waals surface area contributed by atoms with E-state index in [4.69, 9.17) is 0 Å². The monoisotopic (exact) mass is 236 g/mol. The summed E-state index contributed by atoms with van der Waals surface area (Å²) in [6.45, 7) is 4.72. The summed E-state index contributed by atoms with van der Waals surface area (Å²) in [4.78, 5) is 8.58. The fourth-order valence-corrected chi connectivity index (χ4v) is 4.07. The van der Waals surface area contributed by atoms with Crippen molar-refractivity contribution in [2.45, 2.75) is 51.0 Å². The van der Waals surface area contributed by atoms with Crippen molar-refractivity contribution in [3.05, 3.63) is 16.1 Å². The highest BCUT2D eigenvalue weighted by molar-refractivity contribution is 7.09. The van der Waals surface area contributed by atoms with E-state index in [9.17, 15) is 0 Å². The fourth-order valence-electron chi connectivity index (χ4n) is 3.30. The normalized spacial score (nSPS) is 23.8. The first-order valence-electron chi connectivity index (χ1n) is 6.44. The maximum absolute atomic E-state index is 4.33. The zero-order chi connectivity index (χ0) is 11.0. The first-order chi connectivity index (χ1) is 7.80. The maximum Gasteiger partial charge on any atom is 0.0797 e. The third-order valence-electron chi connectivity index (χ3n) is 4.48. The maximum atomic E-state index is 4.33. The van der Waals surface area contributed by atoms with E-state index in [-0.39, 0.29) is 0 Å². The zero-order valence-corrected chi connectivity index (χ0v) is 10.9. The van der Waals surface area contributed by atoms with Gasteiger partial charge < -0.3 is 0 Å². The Morgan fingerprint density at radius 3 is 2.81 bits per heavy atom. The highest BCUT2D eigenvalue weighted by Gasteiger charge is 2.44. The first-order valence-corrected chi connectivity index (χ1v) is 7.32. The minimum Gasteiger partial charge on any atom is -0.297 e. The van der Waals surface area contributed by atoms with Crippen LogP contribution in [0.25, 0.3) is 0 Å². The number of thiazole rings is 1. The molecule has 2 aliphatic rings. The van der Waals surface area contributed by atoms with E-state index in [1.165, 1.54) is 62.2 Å². The van der Waals surface area contributed by atoms with Gasteiger partial charge in [0.1, 0.15) is 0 Å². The summed E-state index contributed by atoms with van der Waals surface area (Å²) in [5, 5.41) is 0. The molecule has 16 heavy (non-hydrogen) atoms. The van der Waals surface area contributed by atoms with Gasteiger partial charge in [0.25, 0.3) is 0 Å². The van der Waals surface area contributed by atoms with Crippen LogP contribution in [-0.2, 0) is 6.42 Å². The molecule has 88 valence electrons. The lowest BCUT2D eigenvalue weighted by Crippen LogP contribution is -2.49. The van der Waals surface area contributed by atoms with Crippen molar-refractivity contribution in [1.29, 1.82) is 0 Å².